The lowest BCUT2D eigenvalue weighted by Gasteiger charge is -2.30. The standard InChI is InChI=1S/C13H17BrN2O4S/c1-8-11(13(17)18)5-10(6-12(8)14)21(19,20)16-4-2-3-9(15)7-16/h5-6,9H,2-4,7,15H2,1H3,(H,17,18). The van der Waals surface area contributed by atoms with Crippen LogP contribution in [0, 0.1) is 6.92 Å². The topological polar surface area (TPSA) is 101 Å². The maximum absolute atomic E-state index is 12.6. The van der Waals surface area contributed by atoms with Crippen molar-refractivity contribution < 1.29 is 18.3 Å². The Hall–Kier alpha value is -0.960. The zero-order chi connectivity index (χ0) is 15.8. The van der Waals surface area contributed by atoms with E-state index >= 15 is 0 Å². The molecule has 0 saturated carbocycles. The van der Waals surface area contributed by atoms with E-state index in [0.29, 0.717) is 23.0 Å². The molecule has 1 heterocycles. The number of rotatable bonds is 3. The predicted octanol–water partition coefficient (Wildman–Crippen LogP) is 1.57. The van der Waals surface area contributed by atoms with E-state index in [4.69, 9.17) is 5.73 Å². The van der Waals surface area contributed by atoms with Gasteiger partial charge in [0.15, 0.2) is 0 Å². The normalized spacial score (nSPS) is 20.4. The van der Waals surface area contributed by atoms with Crippen LogP contribution in [0.4, 0.5) is 0 Å². The first-order valence-electron chi connectivity index (χ1n) is 6.52. The lowest BCUT2D eigenvalue weighted by atomic mass is 10.1. The van der Waals surface area contributed by atoms with Crippen LogP contribution in [-0.4, -0.2) is 42.9 Å². The number of benzene rings is 1. The Labute approximate surface area is 132 Å². The van der Waals surface area contributed by atoms with Crippen LogP contribution in [0.3, 0.4) is 0 Å². The molecule has 8 heteroatoms. The molecule has 2 rings (SSSR count). The van der Waals surface area contributed by atoms with Crippen molar-refractivity contribution in [3.63, 3.8) is 0 Å². The molecule has 6 nitrogen and oxygen atoms in total. The van der Waals surface area contributed by atoms with Crippen molar-refractivity contribution in [3.8, 4) is 0 Å². The Kier molecular flexibility index (Phi) is 4.72. The molecular weight excluding hydrogens is 360 g/mol. The number of nitrogens with zero attached hydrogens (tertiary/aromatic N) is 1. The highest BCUT2D eigenvalue weighted by Gasteiger charge is 2.30. The highest BCUT2D eigenvalue weighted by molar-refractivity contribution is 9.10. The van der Waals surface area contributed by atoms with E-state index in [-0.39, 0.29) is 23.0 Å². The number of aromatic carboxylic acids is 1. The summed E-state index contributed by atoms with van der Waals surface area (Å²) in [5.74, 6) is -1.15. The fourth-order valence-electron chi connectivity index (χ4n) is 2.37. The van der Waals surface area contributed by atoms with Crippen LogP contribution in [0.2, 0.25) is 0 Å². The third-order valence-corrected chi connectivity index (χ3v) is 6.27. The van der Waals surface area contributed by atoms with Gasteiger partial charge < -0.3 is 10.8 Å². The first-order valence-corrected chi connectivity index (χ1v) is 8.76. The minimum Gasteiger partial charge on any atom is -0.478 e. The van der Waals surface area contributed by atoms with Gasteiger partial charge in [0.1, 0.15) is 0 Å². The van der Waals surface area contributed by atoms with E-state index in [1.807, 2.05) is 0 Å². The van der Waals surface area contributed by atoms with Crippen molar-refractivity contribution in [3.05, 3.63) is 27.7 Å². The van der Waals surface area contributed by atoms with Crippen LogP contribution in [0.15, 0.2) is 21.5 Å². The SMILES string of the molecule is Cc1c(Br)cc(S(=O)(=O)N2CCCC(N)C2)cc1C(=O)O. The van der Waals surface area contributed by atoms with E-state index in [9.17, 15) is 18.3 Å². The Bertz CT molecular complexity index is 675. The van der Waals surface area contributed by atoms with Crippen molar-refractivity contribution in [2.24, 2.45) is 5.73 Å². The average Bonchev–Trinajstić information content (AvgIpc) is 2.41. The molecule has 1 aliphatic heterocycles. The van der Waals surface area contributed by atoms with Gasteiger partial charge in [-0.05, 0) is 37.5 Å². The molecule has 1 fully saturated rings. The number of nitrogens with two attached hydrogens (primary N) is 1. The summed E-state index contributed by atoms with van der Waals surface area (Å²) < 4.78 is 27.0. The lowest BCUT2D eigenvalue weighted by molar-refractivity contribution is 0.0695. The number of hydrogen-bond donors (Lipinski definition) is 2. The molecule has 1 saturated heterocycles. The molecule has 21 heavy (non-hydrogen) atoms. The van der Waals surface area contributed by atoms with Gasteiger partial charge in [-0.3, -0.25) is 0 Å². The summed E-state index contributed by atoms with van der Waals surface area (Å²) in [6.07, 6.45) is 1.50. The molecule has 0 spiro atoms. The van der Waals surface area contributed by atoms with Crippen LogP contribution in [-0.2, 0) is 10.0 Å². The van der Waals surface area contributed by atoms with Gasteiger partial charge in [-0.2, -0.15) is 4.31 Å². The van der Waals surface area contributed by atoms with Gasteiger partial charge in [0, 0.05) is 23.6 Å². The van der Waals surface area contributed by atoms with Gasteiger partial charge in [0.05, 0.1) is 10.5 Å². The summed E-state index contributed by atoms with van der Waals surface area (Å²) in [6, 6.07) is 2.47. The minimum atomic E-state index is -3.73. The first kappa shape index (κ1) is 16.4. The molecule has 1 aromatic carbocycles. The summed E-state index contributed by atoms with van der Waals surface area (Å²) in [7, 11) is -3.73. The fourth-order valence-corrected chi connectivity index (χ4v) is 4.57. The Morgan fingerprint density at radius 3 is 2.71 bits per heavy atom. The average molecular weight is 377 g/mol. The van der Waals surface area contributed by atoms with Crippen LogP contribution in [0.1, 0.15) is 28.8 Å². The maximum atomic E-state index is 12.6. The maximum Gasteiger partial charge on any atom is 0.336 e. The highest BCUT2D eigenvalue weighted by Crippen LogP contribution is 2.28. The van der Waals surface area contributed by atoms with E-state index in [0.717, 1.165) is 6.42 Å². The van der Waals surface area contributed by atoms with E-state index < -0.39 is 16.0 Å². The Morgan fingerprint density at radius 1 is 1.48 bits per heavy atom. The molecule has 116 valence electrons. The Balaban J connectivity index is 2.47. The summed E-state index contributed by atoms with van der Waals surface area (Å²) in [5, 5.41) is 9.18. The zero-order valence-corrected chi connectivity index (χ0v) is 13.9. The summed E-state index contributed by atoms with van der Waals surface area (Å²) in [6.45, 7) is 2.29. The second-order valence-electron chi connectivity index (χ2n) is 5.15. The minimum absolute atomic E-state index is 0.0218. The van der Waals surface area contributed by atoms with Gasteiger partial charge in [-0.15, -0.1) is 0 Å². The molecule has 1 atom stereocenters. The van der Waals surface area contributed by atoms with E-state index in [1.165, 1.54) is 16.4 Å². The van der Waals surface area contributed by atoms with Gasteiger partial charge >= 0.3 is 5.97 Å². The Morgan fingerprint density at radius 2 is 2.14 bits per heavy atom. The number of carboxylic acid groups (broad SMARTS) is 1. The number of sulfonamides is 1. The van der Waals surface area contributed by atoms with Gasteiger partial charge in [0.25, 0.3) is 0 Å². The van der Waals surface area contributed by atoms with Crippen LogP contribution >= 0.6 is 15.9 Å². The third kappa shape index (κ3) is 3.28. The summed E-state index contributed by atoms with van der Waals surface area (Å²) >= 11 is 3.22. The monoisotopic (exact) mass is 376 g/mol. The molecule has 0 radical (unpaired) electrons. The van der Waals surface area contributed by atoms with Crippen LogP contribution in [0.5, 0.6) is 0 Å². The third-order valence-electron chi connectivity index (χ3n) is 3.61. The molecule has 0 amide bonds. The molecule has 1 aliphatic rings. The summed E-state index contributed by atoms with van der Waals surface area (Å²) in [4.78, 5) is 11.2. The molecular formula is C13H17BrN2O4S. The number of piperidine rings is 1. The zero-order valence-electron chi connectivity index (χ0n) is 11.5. The first-order chi connectivity index (χ1) is 9.73. The quantitative estimate of drug-likeness (QED) is 0.833. The largest absolute Gasteiger partial charge is 0.478 e. The number of carboxylic acids is 1. The molecule has 1 aromatic rings. The number of carbonyl (C=O) groups is 1. The predicted molar refractivity (Wildman–Crippen MR) is 81.8 cm³/mol. The fraction of sp³-hybridized carbons (Fsp3) is 0.462. The number of halogens is 1. The molecule has 0 aromatic heterocycles. The molecule has 3 N–H and O–H groups in total. The van der Waals surface area contributed by atoms with Gasteiger partial charge in [0.2, 0.25) is 10.0 Å². The van der Waals surface area contributed by atoms with Crippen molar-refractivity contribution in [2.75, 3.05) is 13.1 Å². The smallest absolute Gasteiger partial charge is 0.336 e. The second kappa shape index (κ2) is 6.04. The lowest BCUT2D eigenvalue weighted by Crippen LogP contribution is -2.45. The van der Waals surface area contributed by atoms with Crippen molar-refractivity contribution in [1.82, 2.24) is 4.31 Å². The van der Waals surface area contributed by atoms with Crippen molar-refractivity contribution in [1.29, 1.82) is 0 Å². The van der Waals surface area contributed by atoms with Gasteiger partial charge in [-0.1, -0.05) is 15.9 Å². The van der Waals surface area contributed by atoms with Gasteiger partial charge in [-0.25, -0.2) is 13.2 Å². The summed E-state index contributed by atoms with van der Waals surface area (Å²) in [5.41, 5.74) is 6.30. The van der Waals surface area contributed by atoms with Crippen LogP contribution in [0.25, 0.3) is 0 Å². The second-order valence-corrected chi connectivity index (χ2v) is 7.94. The van der Waals surface area contributed by atoms with E-state index in [1.54, 1.807) is 6.92 Å². The van der Waals surface area contributed by atoms with Crippen LogP contribution < -0.4 is 5.73 Å². The van der Waals surface area contributed by atoms with E-state index in [2.05, 4.69) is 15.9 Å². The van der Waals surface area contributed by atoms with Crippen molar-refractivity contribution in [2.45, 2.75) is 30.7 Å². The molecule has 0 bridgehead atoms. The molecule has 1 unspecified atom stereocenters. The molecule has 0 aliphatic carbocycles. The van der Waals surface area contributed by atoms with Crippen molar-refractivity contribution >= 4 is 31.9 Å². The highest BCUT2D eigenvalue weighted by atomic mass is 79.9. The number of hydrogen-bond acceptors (Lipinski definition) is 4.